The van der Waals surface area contributed by atoms with E-state index in [9.17, 15) is 34.8 Å². The van der Waals surface area contributed by atoms with Crippen molar-refractivity contribution >= 4 is 17.9 Å². The number of aliphatic hydroxyl groups is 3. The van der Waals surface area contributed by atoms with E-state index >= 15 is 0 Å². The van der Waals surface area contributed by atoms with Gasteiger partial charge < -0.3 is 39.4 Å². The van der Waals surface area contributed by atoms with Crippen molar-refractivity contribution in [2.75, 3.05) is 6.61 Å². The first-order chi connectivity index (χ1) is 23.2. The fourth-order valence-electron chi connectivity index (χ4n) is 12.2. The van der Waals surface area contributed by atoms with Crippen molar-refractivity contribution in [1.29, 1.82) is 0 Å². The SMILES string of the molecule is CC(=O)OC1CC(O)C2(C)C(CCC3(C)C2CC=C2C4CC(C)(C(=O)O)CCC4(C)CCC23C)C1COC1OC(C)C(OC(C)=O)C(O)C1O. The van der Waals surface area contributed by atoms with E-state index < -0.39 is 71.7 Å². The van der Waals surface area contributed by atoms with Crippen LogP contribution in [0.5, 0.6) is 0 Å². The van der Waals surface area contributed by atoms with E-state index in [0.717, 1.165) is 38.5 Å². The molecular weight excluding hydrogens is 644 g/mol. The van der Waals surface area contributed by atoms with Crippen molar-refractivity contribution in [3.05, 3.63) is 11.6 Å². The Morgan fingerprint density at radius 3 is 2.22 bits per heavy atom. The number of carboxylic acid groups (broad SMARTS) is 1. The molecule has 5 fully saturated rings. The van der Waals surface area contributed by atoms with Gasteiger partial charge in [-0.2, -0.15) is 0 Å². The number of aliphatic hydroxyl groups excluding tert-OH is 3. The van der Waals surface area contributed by atoms with E-state index in [1.54, 1.807) is 6.92 Å². The summed E-state index contributed by atoms with van der Waals surface area (Å²) in [4.78, 5) is 36.4. The van der Waals surface area contributed by atoms with Crippen molar-refractivity contribution < 1.29 is 53.8 Å². The zero-order valence-corrected chi connectivity index (χ0v) is 31.1. The summed E-state index contributed by atoms with van der Waals surface area (Å²) in [5.74, 6) is -1.83. The summed E-state index contributed by atoms with van der Waals surface area (Å²) in [7, 11) is 0. The molecule has 0 aromatic rings. The summed E-state index contributed by atoms with van der Waals surface area (Å²) in [5.41, 5.74) is -0.114. The van der Waals surface area contributed by atoms with E-state index in [1.807, 2.05) is 6.92 Å². The minimum Gasteiger partial charge on any atom is -0.481 e. The van der Waals surface area contributed by atoms with Crippen molar-refractivity contribution in [3.63, 3.8) is 0 Å². The van der Waals surface area contributed by atoms with Crippen LogP contribution in [0.15, 0.2) is 11.6 Å². The highest BCUT2D eigenvalue weighted by molar-refractivity contribution is 5.74. The van der Waals surface area contributed by atoms with E-state index in [-0.39, 0.29) is 52.9 Å². The maximum absolute atomic E-state index is 12.5. The second-order valence-corrected chi connectivity index (χ2v) is 18.1. The molecule has 1 heterocycles. The third-order valence-electron chi connectivity index (χ3n) is 15.6. The third kappa shape index (κ3) is 5.67. The first kappa shape index (κ1) is 37.7. The van der Waals surface area contributed by atoms with Gasteiger partial charge >= 0.3 is 17.9 Å². The molecule has 0 amide bonds. The Kier molecular flexibility index (Phi) is 9.66. The molecule has 5 aliphatic carbocycles. The first-order valence-corrected chi connectivity index (χ1v) is 18.8. The maximum atomic E-state index is 12.5. The average molecular weight is 705 g/mol. The number of aliphatic carboxylic acids is 1. The Labute approximate surface area is 296 Å². The normalized spacial score (nSPS) is 51.5. The largest absolute Gasteiger partial charge is 0.481 e. The van der Waals surface area contributed by atoms with Crippen LogP contribution in [0.4, 0.5) is 0 Å². The van der Waals surface area contributed by atoms with Crippen LogP contribution in [0, 0.1) is 50.7 Å². The predicted octanol–water partition coefficient (Wildman–Crippen LogP) is 4.78. The number of hydrogen-bond acceptors (Lipinski definition) is 10. The third-order valence-corrected chi connectivity index (χ3v) is 15.6. The van der Waals surface area contributed by atoms with Crippen LogP contribution < -0.4 is 0 Å². The van der Waals surface area contributed by atoms with Crippen LogP contribution in [0.3, 0.4) is 0 Å². The molecular formula is C39H60O11. The minimum atomic E-state index is -1.47. The fourth-order valence-corrected chi connectivity index (χ4v) is 12.2. The number of carbonyl (C=O) groups excluding carboxylic acids is 2. The molecule has 0 spiro atoms. The van der Waals surface area contributed by atoms with Gasteiger partial charge in [-0.15, -0.1) is 0 Å². The second kappa shape index (κ2) is 12.8. The van der Waals surface area contributed by atoms with Crippen molar-refractivity contribution in [2.24, 2.45) is 50.7 Å². The lowest BCUT2D eigenvalue weighted by Gasteiger charge is -2.71. The van der Waals surface area contributed by atoms with E-state index in [0.29, 0.717) is 12.8 Å². The molecule has 50 heavy (non-hydrogen) atoms. The van der Waals surface area contributed by atoms with Gasteiger partial charge in [0.2, 0.25) is 0 Å². The number of carboxylic acids is 1. The molecule has 6 rings (SSSR count). The molecule has 0 bridgehead atoms. The standard InChI is InChI=1S/C39H60O11/c1-20-32(50-22(3)41)30(43)31(44)33(48-20)47-19-23-24-11-12-38(7)28(39(24,8)29(42)17-27(23)49-21(2)40)10-9-25-26-18-36(5,34(45)46)14-13-35(26,4)15-16-37(25,38)6/h9,20,23-24,26-33,42-44H,10-19H2,1-8H3,(H,45,46). The lowest BCUT2D eigenvalue weighted by molar-refractivity contribution is -0.305. The summed E-state index contributed by atoms with van der Waals surface area (Å²) in [6.45, 7) is 15.6. The number of esters is 2. The van der Waals surface area contributed by atoms with Crippen LogP contribution in [-0.2, 0) is 33.3 Å². The number of hydrogen-bond donors (Lipinski definition) is 4. The molecule has 16 unspecified atom stereocenters. The van der Waals surface area contributed by atoms with Gasteiger partial charge in [0.05, 0.1) is 24.2 Å². The average Bonchev–Trinajstić information content (AvgIpc) is 3.02. The van der Waals surface area contributed by atoms with E-state index in [1.165, 1.54) is 19.4 Å². The summed E-state index contributed by atoms with van der Waals surface area (Å²) in [5, 5.41) is 44.1. The van der Waals surface area contributed by atoms with Gasteiger partial charge in [0.1, 0.15) is 18.3 Å². The molecule has 11 heteroatoms. The monoisotopic (exact) mass is 704 g/mol. The zero-order chi connectivity index (χ0) is 36.8. The van der Waals surface area contributed by atoms with Crippen molar-refractivity contribution in [1.82, 2.24) is 0 Å². The Morgan fingerprint density at radius 2 is 1.58 bits per heavy atom. The Morgan fingerprint density at radius 1 is 0.920 bits per heavy atom. The number of allylic oxidation sites excluding steroid dienone is 2. The topological polar surface area (TPSA) is 169 Å². The summed E-state index contributed by atoms with van der Waals surface area (Å²) >= 11 is 0. The van der Waals surface area contributed by atoms with Crippen molar-refractivity contribution in [2.45, 2.75) is 156 Å². The summed E-state index contributed by atoms with van der Waals surface area (Å²) in [6, 6.07) is 0. The van der Waals surface area contributed by atoms with Crippen molar-refractivity contribution in [3.8, 4) is 0 Å². The van der Waals surface area contributed by atoms with Crippen LogP contribution in [-0.4, -0.2) is 87.9 Å². The molecule has 1 aliphatic heterocycles. The van der Waals surface area contributed by atoms with Gasteiger partial charge in [0.25, 0.3) is 0 Å². The maximum Gasteiger partial charge on any atom is 0.309 e. The molecule has 4 saturated carbocycles. The second-order valence-electron chi connectivity index (χ2n) is 18.1. The van der Waals surface area contributed by atoms with E-state index in [2.05, 4.69) is 33.8 Å². The number of rotatable bonds is 6. The van der Waals surface area contributed by atoms with Crippen LogP contribution in [0.2, 0.25) is 0 Å². The van der Waals surface area contributed by atoms with Gasteiger partial charge in [-0.25, -0.2) is 0 Å². The summed E-state index contributed by atoms with van der Waals surface area (Å²) < 4.78 is 23.2. The van der Waals surface area contributed by atoms with Gasteiger partial charge in [0.15, 0.2) is 12.4 Å². The molecule has 4 N–H and O–H groups in total. The van der Waals surface area contributed by atoms with Gasteiger partial charge in [-0.05, 0) is 99.2 Å². The minimum absolute atomic E-state index is 0.0698. The Bertz CT molecular complexity index is 1400. The van der Waals surface area contributed by atoms with Crippen LogP contribution in [0.1, 0.15) is 113 Å². The molecule has 0 aromatic carbocycles. The van der Waals surface area contributed by atoms with E-state index in [4.69, 9.17) is 18.9 Å². The fraction of sp³-hybridized carbons (Fsp3) is 0.872. The van der Waals surface area contributed by atoms with Crippen LogP contribution in [0.25, 0.3) is 0 Å². The number of fused-ring (bicyclic) bond motifs is 7. The summed E-state index contributed by atoms with van der Waals surface area (Å²) in [6.07, 6.45) is 2.22. The Balaban J connectivity index is 1.30. The molecule has 16 atom stereocenters. The highest BCUT2D eigenvalue weighted by atomic mass is 16.7. The quantitative estimate of drug-likeness (QED) is 0.222. The van der Waals surface area contributed by atoms with Gasteiger partial charge in [-0.1, -0.05) is 39.3 Å². The molecule has 1 saturated heterocycles. The molecule has 6 aliphatic rings. The predicted molar refractivity (Wildman–Crippen MR) is 181 cm³/mol. The van der Waals surface area contributed by atoms with Gasteiger partial charge in [-0.3, -0.25) is 14.4 Å². The lowest BCUT2D eigenvalue weighted by atomic mass is 9.34. The zero-order valence-electron chi connectivity index (χ0n) is 31.1. The number of carbonyl (C=O) groups is 3. The first-order valence-electron chi connectivity index (χ1n) is 18.8. The highest BCUT2D eigenvalue weighted by Gasteiger charge is 2.69. The van der Waals surface area contributed by atoms with Crippen LogP contribution >= 0.6 is 0 Å². The molecule has 11 nitrogen and oxygen atoms in total. The lowest BCUT2D eigenvalue weighted by Crippen LogP contribution is -2.67. The highest BCUT2D eigenvalue weighted by Crippen LogP contribution is 2.75. The number of ether oxygens (including phenoxy) is 4. The smallest absolute Gasteiger partial charge is 0.309 e. The molecule has 0 radical (unpaired) electrons. The Hall–Kier alpha value is -2.05. The molecule has 282 valence electrons. The van der Waals surface area contributed by atoms with Gasteiger partial charge in [0, 0.05) is 31.6 Å². The molecule has 0 aromatic heterocycles.